The van der Waals surface area contributed by atoms with Crippen molar-refractivity contribution < 1.29 is 18.3 Å². The molecular weight excluding hydrogens is 194 g/mol. The summed E-state index contributed by atoms with van der Waals surface area (Å²) in [6, 6.07) is 0. The fourth-order valence-electron chi connectivity index (χ4n) is 2.20. The first-order chi connectivity index (χ1) is 5.81. The third-order valence-corrected chi connectivity index (χ3v) is 5.03. The Labute approximate surface area is 75.8 Å². The minimum absolute atomic E-state index is 0.0528. The van der Waals surface area contributed by atoms with Crippen LogP contribution in [0.15, 0.2) is 0 Å². The number of hydrogen-bond acceptors (Lipinski definition) is 4. The molecule has 0 aromatic carbocycles. The van der Waals surface area contributed by atoms with Crippen molar-refractivity contribution in [2.45, 2.75) is 18.4 Å². The standard InChI is InChI=1S/C7H11NO4S/c8-7(5(9)10)3-6(7)1-2-13(11,12)4-6/h1-4,8H2,(H,9,10). The monoisotopic (exact) mass is 205 g/mol. The van der Waals surface area contributed by atoms with Crippen LogP contribution >= 0.6 is 0 Å². The number of sulfone groups is 1. The Kier molecular flexibility index (Phi) is 1.42. The lowest BCUT2D eigenvalue weighted by Crippen LogP contribution is -2.39. The Balaban J connectivity index is 2.27. The lowest BCUT2D eigenvalue weighted by atomic mass is 10.00. The maximum atomic E-state index is 11.1. The van der Waals surface area contributed by atoms with Crippen molar-refractivity contribution in [3.8, 4) is 0 Å². The zero-order valence-electron chi connectivity index (χ0n) is 6.99. The van der Waals surface area contributed by atoms with E-state index in [0.29, 0.717) is 12.8 Å². The van der Waals surface area contributed by atoms with E-state index in [4.69, 9.17) is 10.8 Å². The molecule has 0 bridgehead atoms. The highest BCUT2D eigenvalue weighted by molar-refractivity contribution is 7.91. The Morgan fingerprint density at radius 2 is 2.08 bits per heavy atom. The number of carboxylic acid groups (broad SMARTS) is 1. The number of rotatable bonds is 1. The average Bonchev–Trinajstić information content (AvgIpc) is 2.40. The van der Waals surface area contributed by atoms with Gasteiger partial charge in [-0.05, 0) is 12.8 Å². The first-order valence-electron chi connectivity index (χ1n) is 4.04. The molecule has 1 spiro atoms. The van der Waals surface area contributed by atoms with Gasteiger partial charge in [-0.3, -0.25) is 4.79 Å². The molecule has 0 aromatic heterocycles. The molecule has 3 N–H and O–H groups in total. The topological polar surface area (TPSA) is 97.5 Å². The fraction of sp³-hybridized carbons (Fsp3) is 0.857. The van der Waals surface area contributed by atoms with Crippen LogP contribution in [0.2, 0.25) is 0 Å². The molecule has 1 saturated carbocycles. The molecule has 0 aromatic rings. The van der Waals surface area contributed by atoms with E-state index in [-0.39, 0.29) is 11.5 Å². The summed E-state index contributed by atoms with van der Waals surface area (Å²) < 4.78 is 22.3. The predicted molar refractivity (Wildman–Crippen MR) is 44.9 cm³/mol. The van der Waals surface area contributed by atoms with Crippen molar-refractivity contribution in [3.05, 3.63) is 0 Å². The second-order valence-corrected chi connectivity index (χ2v) is 6.26. The number of nitrogens with two attached hydrogens (primary N) is 1. The van der Waals surface area contributed by atoms with E-state index in [9.17, 15) is 13.2 Å². The van der Waals surface area contributed by atoms with Gasteiger partial charge < -0.3 is 10.8 Å². The van der Waals surface area contributed by atoms with Crippen molar-refractivity contribution in [1.29, 1.82) is 0 Å². The SMILES string of the molecule is NC1(C(=O)O)CC12CCS(=O)(=O)C2. The van der Waals surface area contributed by atoms with E-state index < -0.39 is 26.8 Å². The largest absolute Gasteiger partial charge is 0.480 e. The highest BCUT2D eigenvalue weighted by Gasteiger charge is 2.73. The van der Waals surface area contributed by atoms with Crippen LogP contribution in [0.4, 0.5) is 0 Å². The van der Waals surface area contributed by atoms with Gasteiger partial charge in [-0.2, -0.15) is 0 Å². The second kappa shape index (κ2) is 2.06. The maximum Gasteiger partial charge on any atom is 0.324 e. The van der Waals surface area contributed by atoms with Gasteiger partial charge in [0.2, 0.25) is 0 Å². The van der Waals surface area contributed by atoms with Gasteiger partial charge in [-0.1, -0.05) is 0 Å². The quantitative estimate of drug-likeness (QED) is 0.571. The Bertz CT molecular complexity index is 376. The van der Waals surface area contributed by atoms with Crippen LogP contribution in [0, 0.1) is 5.41 Å². The third-order valence-electron chi connectivity index (χ3n) is 3.21. The van der Waals surface area contributed by atoms with Crippen molar-refractivity contribution >= 4 is 15.8 Å². The molecule has 6 heteroatoms. The minimum Gasteiger partial charge on any atom is -0.480 e. The Morgan fingerprint density at radius 3 is 2.38 bits per heavy atom. The summed E-state index contributed by atoms with van der Waals surface area (Å²) >= 11 is 0. The molecule has 1 aliphatic heterocycles. The molecule has 5 nitrogen and oxygen atoms in total. The predicted octanol–water partition coefficient (Wildman–Crippen LogP) is -1.02. The summed E-state index contributed by atoms with van der Waals surface area (Å²) in [5.41, 5.74) is 3.65. The van der Waals surface area contributed by atoms with Crippen molar-refractivity contribution in [2.75, 3.05) is 11.5 Å². The van der Waals surface area contributed by atoms with Crippen LogP contribution in [-0.2, 0) is 14.6 Å². The summed E-state index contributed by atoms with van der Waals surface area (Å²) in [6.45, 7) is 0. The van der Waals surface area contributed by atoms with E-state index in [2.05, 4.69) is 0 Å². The molecule has 0 radical (unpaired) electrons. The van der Waals surface area contributed by atoms with E-state index >= 15 is 0 Å². The molecule has 2 aliphatic rings. The smallest absolute Gasteiger partial charge is 0.324 e. The minimum atomic E-state index is -3.04. The number of hydrogen-bond donors (Lipinski definition) is 2. The van der Waals surface area contributed by atoms with E-state index in [1.165, 1.54) is 0 Å². The lowest BCUT2D eigenvalue weighted by molar-refractivity contribution is -0.140. The van der Waals surface area contributed by atoms with Crippen LogP contribution in [-0.4, -0.2) is 36.5 Å². The van der Waals surface area contributed by atoms with Crippen LogP contribution in [0.3, 0.4) is 0 Å². The summed E-state index contributed by atoms with van der Waals surface area (Å²) in [5.74, 6) is -1.05. The normalized spacial score (nSPS) is 46.5. The van der Waals surface area contributed by atoms with Gasteiger partial charge in [0.15, 0.2) is 9.84 Å². The van der Waals surface area contributed by atoms with Gasteiger partial charge in [-0.25, -0.2) is 8.42 Å². The van der Waals surface area contributed by atoms with Gasteiger partial charge in [0, 0.05) is 5.41 Å². The molecule has 1 heterocycles. The number of carboxylic acids is 1. The third kappa shape index (κ3) is 1.02. The van der Waals surface area contributed by atoms with Crippen LogP contribution in [0.5, 0.6) is 0 Å². The average molecular weight is 205 g/mol. The Hall–Kier alpha value is -0.620. The molecule has 1 saturated heterocycles. The molecule has 1 aliphatic carbocycles. The maximum absolute atomic E-state index is 11.1. The van der Waals surface area contributed by atoms with Gasteiger partial charge in [-0.15, -0.1) is 0 Å². The van der Waals surface area contributed by atoms with E-state index in [0.717, 1.165) is 0 Å². The van der Waals surface area contributed by atoms with Crippen molar-refractivity contribution in [2.24, 2.45) is 11.1 Å². The summed E-state index contributed by atoms with van der Waals surface area (Å²) in [5, 5.41) is 8.79. The van der Waals surface area contributed by atoms with Crippen LogP contribution in [0.25, 0.3) is 0 Å². The lowest BCUT2D eigenvalue weighted by Gasteiger charge is -2.10. The molecule has 13 heavy (non-hydrogen) atoms. The second-order valence-electron chi connectivity index (χ2n) is 4.08. The molecule has 2 fully saturated rings. The summed E-state index contributed by atoms with van der Waals surface area (Å²) in [6.07, 6.45) is 0.701. The fourth-order valence-corrected chi connectivity index (χ4v) is 4.39. The van der Waals surface area contributed by atoms with Gasteiger partial charge >= 0.3 is 5.97 Å². The molecular formula is C7H11NO4S. The van der Waals surface area contributed by atoms with Crippen molar-refractivity contribution in [3.63, 3.8) is 0 Å². The van der Waals surface area contributed by atoms with Crippen LogP contribution in [0.1, 0.15) is 12.8 Å². The molecule has 2 atom stereocenters. The number of aliphatic carboxylic acids is 1. The summed E-state index contributed by atoms with van der Waals surface area (Å²) in [4.78, 5) is 10.7. The Morgan fingerprint density at radius 1 is 1.46 bits per heavy atom. The highest BCUT2D eigenvalue weighted by atomic mass is 32.2. The first kappa shape index (κ1) is 8.96. The summed E-state index contributed by atoms with van der Waals surface area (Å²) in [7, 11) is -3.04. The zero-order chi connectivity index (χ0) is 9.91. The zero-order valence-corrected chi connectivity index (χ0v) is 7.80. The highest BCUT2D eigenvalue weighted by Crippen LogP contribution is 2.60. The molecule has 2 unspecified atom stereocenters. The van der Waals surface area contributed by atoms with Gasteiger partial charge in [0.05, 0.1) is 11.5 Å². The van der Waals surface area contributed by atoms with E-state index in [1.54, 1.807) is 0 Å². The van der Waals surface area contributed by atoms with Gasteiger partial charge in [0.1, 0.15) is 5.54 Å². The molecule has 74 valence electrons. The number of carbonyl (C=O) groups is 1. The first-order valence-corrected chi connectivity index (χ1v) is 5.86. The molecule has 2 rings (SSSR count). The van der Waals surface area contributed by atoms with Crippen molar-refractivity contribution in [1.82, 2.24) is 0 Å². The van der Waals surface area contributed by atoms with Crippen LogP contribution < -0.4 is 5.73 Å². The van der Waals surface area contributed by atoms with Gasteiger partial charge in [0.25, 0.3) is 0 Å². The van der Waals surface area contributed by atoms with E-state index in [1.807, 2.05) is 0 Å². The molecule has 0 amide bonds.